The molecule has 228 valence electrons. The van der Waals surface area contributed by atoms with E-state index in [1.807, 2.05) is 79.4 Å². The normalized spacial score (nSPS) is 15.7. The molecule has 1 heterocycles. The zero-order valence-electron chi connectivity index (χ0n) is 24.8. The van der Waals surface area contributed by atoms with Crippen molar-refractivity contribution >= 4 is 23.7 Å². The summed E-state index contributed by atoms with van der Waals surface area (Å²) in [6.07, 6.45) is 1.53. The van der Waals surface area contributed by atoms with Gasteiger partial charge in [0.05, 0.1) is 26.9 Å². The number of amides is 3. The summed E-state index contributed by atoms with van der Waals surface area (Å²) in [7, 11) is 1.27. The Labute approximate surface area is 248 Å². The predicted molar refractivity (Wildman–Crippen MR) is 159 cm³/mol. The molecule has 1 fully saturated rings. The van der Waals surface area contributed by atoms with Crippen LogP contribution in [0.3, 0.4) is 0 Å². The molecule has 0 radical (unpaired) electrons. The Balaban J connectivity index is 1.72. The summed E-state index contributed by atoms with van der Waals surface area (Å²) >= 11 is 0. The minimum absolute atomic E-state index is 0.0745. The first kappa shape index (κ1) is 32.8. The summed E-state index contributed by atoms with van der Waals surface area (Å²) in [6, 6.07) is 16.4. The van der Waals surface area contributed by atoms with E-state index >= 15 is 0 Å². The van der Waals surface area contributed by atoms with E-state index in [4.69, 9.17) is 9.47 Å². The van der Waals surface area contributed by atoms with Crippen molar-refractivity contribution in [2.45, 2.75) is 57.7 Å². The van der Waals surface area contributed by atoms with Crippen molar-refractivity contribution in [3.8, 4) is 0 Å². The fourth-order valence-electron chi connectivity index (χ4n) is 4.86. The molecule has 10 heteroatoms. The van der Waals surface area contributed by atoms with E-state index in [9.17, 15) is 19.2 Å². The Morgan fingerprint density at radius 1 is 0.810 bits per heavy atom. The third-order valence-corrected chi connectivity index (χ3v) is 7.11. The SMILES string of the molecule is COC(=O)C(Cc1ccccc1)NC(=O)[C@H](CC(C)C)NC(=O)[C@H](CCc1ccccc1)NC(=O)CN1CCOCC1. The van der Waals surface area contributed by atoms with Crippen LogP contribution in [-0.4, -0.2) is 86.7 Å². The summed E-state index contributed by atoms with van der Waals surface area (Å²) in [6.45, 7) is 6.48. The maximum atomic E-state index is 13.6. The van der Waals surface area contributed by atoms with Gasteiger partial charge in [-0.3, -0.25) is 19.3 Å². The summed E-state index contributed by atoms with van der Waals surface area (Å²) in [5.41, 5.74) is 1.90. The molecule has 3 rings (SSSR count). The summed E-state index contributed by atoms with van der Waals surface area (Å²) < 4.78 is 10.3. The van der Waals surface area contributed by atoms with Crippen LogP contribution in [0.15, 0.2) is 60.7 Å². The topological polar surface area (TPSA) is 126 Å². The van der Waals surface area contributed by atoms with Crippen molar-refractivity contribution in [2.24, 2.45) is 5.92 Å². The molecule has 2 aromatic rings. The highest BCUT2D eigenvalue weighted by atomic mass is 16.5. The van der Waals surface area contributed by atoms with Gasteiger partial charge in [0.15, 0.2) is 0 Å². The van der Waals surface area contributed by atoms with Crippen LogP contribution in [0.25, 0.3) is 0 Å². The number of carbonyl (C=O) groups is 4. The lowest BCUT2D eigenvalue weighted by Gasteiger charge is -2.28. The van der Waals surface area contributed by atoms with Gasteiger partial charge in [-0.25, -0.2) is 4.79 Å². The van der Waals surface area contributed by atoms with E-state index in [0.717, 1.165) is 11.1 Å². The summed E-state index contributed by atoms with van der Waals surface area (Å²) in [4.78, 5) is 54.6. The third-order valence-electron chi connectivity index (χ3n) is 7.11. The van der Waals surface area contributed by atoms with Gasteiger partial charge in [-0.15, -0.1) is 0 Å². The molecule has 10 nitrogen and oxygen atoms in total. The number of morpholine rings is 1. The van der Waals surface area contributed by atoms with E-state index in [2.05, 4.69) is 16.0 Å². The van der Waals surface area contributed by atoms with E-state index in [1.54, 1.807) is 0 Å². The van der Waals surface area contributed by atoms with E-state index < -0.39 is 35.9 Å². The maximum Gasteiger partial charge on any atom is 0.328 e. The summed E-state index contributed by atoms with van der Waals surface area (Å²) in [5, 5.41) is 8.55. The Morgan fingerprint density at radius 2 is 1.38 bits per heavy atom. The smallest absolute Gasteiger partial charge is 0.328 e. The second-order valence-corrected chi connectivity index (χ2v) is 11.0. The van der Waals surface area contributed by atoms with Gasteiger partial charge in [0.2, 0.25) is 17.7 Å². The van der Waals surface area contributed by atoms with Crippen LogP contribution in [0.1, 0.15) is 37.8 Å². The van der Waals surface area contributed by atoms with Crippen LogP contribution in [0.4, 0.5) is 0 Å². The van der Waals surface area contributed by atoms with E-state index in [-0.39, 0.29) is 24.8 Å². The van der Waals surface area contributed by atoms with Crippen LogP contribution >= 0.6 is 0 Å². The molecule has 1 aliphatic heterocycles. The number of hydrogen-bond donors (Lipinski definition) is 3. The zero-order valence-corrected chi connectivity index (χ0v) is 24.8. The lowest BCUT2D eigenvalue weighted by Crippen LogP contribution is -2.57. The number of methoxy groups -OCH3 is 1. The highest BCUT2D eigenvalue weighted by Crippen LogP contribution is 2.11. The van der Waals surface area contributed by atoms with Gasteiger partial charge in [0, 0.05) is 19.5 Å². The van der Waals surface area contributed by atoms with Crippen molar-refractivity contribution in [1.82, 2.24) is 20.9 Å². The molecule has 3 atom stereocenters. The molecule has 1 unspecified atom stereocenters. The van der Waals surface area contributed by atoms with Gasteiger partial charge >= 0.3 is 5.97 Å². The average molecular weight is 581 g/mol. The van der Waals surface area contributed by atoms with E-state index in [0.29, 0.717) is 45.6 Å². The second-order valence-electron chi connectivity index (χ2n) is 11.0. The molecule has 0 spiro atoms. The van der Waals surface area contributed by atoms with Gasteiger partial charge in [-0.2, -0.15) is 0 Å². The summed E-state index contributed by atoms with van der Waals surface area (Å²) in [5.74, 6) is -1.68. The van der Waals surface area contributed by atoms with Crippen molar-refractivity contribution in [3.05, 3.63) is 71.8 Å². The quantitative estimate of drug-likeness (QED) is 0.275. The van der Waals surface area contributed by atoms with Crippen molar-refractivity contribution in [3.63, 3.8) is 0 Å². The van der Waals surface area contributed by atoms with Crippen LogP contribution in [0.5, 0.6) is 0 Å². The van der Waals surface area contributed by atoms with Crippen molar-refractivity contribution in [1.29, 1.82) is 0 Å². The number of esters is 1. The van der Waals surface area contributed by atoms with E-state index in [1.165, 1.54) is 7.11 Å². The molecule has 0 aromatic heterocycles. The maximum absolute atomic E-state index is 13.6. The van der Waals surface area contributed by atoms with Crippen molar-refractivity contribution in [2.75, 3.05) is 40.0 Å². The fraction of sp³-hybridized carbons (Fsp3) is 0.500. The average Bonchev–Trinajstić information content (AvgIpc) is 2.99. The first-order chi connectivity index (χ1) is 20.2. The predicted octanol–water partition coefficient (Wildman–Crippen LogP) is 1.87. The number of ether oxygens (including phenoxy) is 2. The Kier molecular flexibility index (Phi) is 13.5. The second kappa shape index (κ2) is 17.3. The van der Waals surface area contributed by atoms with Crippen LogP contribution in [0.2, 0.25) is 0 Å². The van der Waals surface area contributed by atoms with Gasteiger partial charge in [0.25, 0.3) is 0 Å². The molecule has 3 amide bonds. The number of hydrogen-bond acceptors (Lipinski definition) is 7. The van der Waals surface area contributed by atoms with Gasteiger partial charge in [-0.1, -0.05) is 74.5 Å². The number of rotatable bonds is 15. The molecule has 1 aliphatic rings. The van der Waals surface area contributed by atoms with Crippen molar-refractivity contribution < 1.29 is 28.7 Å². The largest absolute Gasteiger partial charge is 0.467 e. The number of nitrogens with zero attached hydrogens (tertiary/aromatic N) is 1. The molecule has 0 saturated carbocycles. The highest BCUT2D eigenvalue weighted by Gasteiger charge is 2.31. The third kappa shape index (κ3) is 11.3. The first-order valence-corrected chi connectivity index (χ1v) is 14.6. The molecule has 0 aliphatic carbocycles. The molecule has 3 N–H and O–H groups in total. The molecule has 2 aromatic carbocycles. The zero-order chi connectivity index (χ0) is 30.3. The monoisotopic (exact) mass is 580 g/mol. The standard InChI is InChI=1S/C32H44N4O6/c1-23(2)20-27(31(39)35-28(32(40)41-3)21-25-12-8-5-9-13-25)34-30(38)26(15-14-24-10-6-4-7-11-24)33-29(37)22-36-16-18-42-19-17-36/h4-13,23,26-28H,14-22H2,1-3H3,(H,33,37)(H,34,38)(H,35,39)/t26-,27-,28?/m0/s1. The van der Waals surface area contributed by atoms with Crippen LogP contribution in [0, 0.1) is 5.92 Å². The number of aryl methyl sites for hydroxylation is 1. The fourth-order valence-corrected chi connectivity index (χ4v) is 4.86. The number of nitrogens with one attached hydrogen (secondary N) is 3. The lowest BCUT2D eigenvalue weighted by atomic mass is 10.00. The molecular formula is C32H44N4O6. The highest BCUT2D eigenvalue weighted by molar-refractivity contribution is 5.93. The molecule has 1 saturated heterocycles. The number of benzene rings is 2. The first-order valence-electron chi connectivity index (χ1n) is 14.6. The van der Waals surface area contributed by atoms with Gasteiger partial charge in [0.1, 0.15) is 18.1 Å². The van der Waals surface area contributed by atoms with Crippen LogP contribution < -0.4 is 16.0 Å². The van der Waals surface area contributed by atoms with Gasteiger partial charge in [-0.05, 0) is 36.3 Å². The minimum Gasteiger partial charge on any atom is -0.467 e. The Morgan fingerprint density at radius 3 is 1.98 bits per heavy atom. The molecule has 0 bridgehead atoms. The minimum atomic E-state index is -0.918. The molecular weight excluding hydrogens is 536 g/mol. The lowest BCUT2D eigenvalue weighted by molar-refractivity contribution is -0.145. The Hall–Kier alpha value is -3.76. The number of carbonyl (C=O) groups excluding carboxylic acids is 4. The van der Waals surface area contributed by atoms with Crippen LogP contribution in [-0.2, 0) is 41.5 Å². The molecule has 42 heavy (non-hydrogen) atoms. The Bertz CT molecular complexity index is 1140. The van der Waals surface area contributed by atoms with Gasteiger partial charge < -0.3 is 25.4 Å².